The number of rotatable bonds is 6. The Bertz CT molecular complexity index is 1150. The van der Waals surface area contributed by atoms with Crippen molar-refractivity contribution in [3.8, 4) is 0 Å². The Labute approximate surface area is 169 Å². The molecular weight excluding hydrogens is 390 g/mol. The molecule has 0 saturated heterocycles. The van der Waals surface area contributed by atoms with Crippen molar-refractivity contribution in [1.29, 1.82) is 0 Å². The number of ether oxygens (including phenoxy) is 1. The summed E-state index contributed by atoms with van der Waals surface area (Å²) in [7, 11) is -3.15. The molecule has 150 valence electrons. The van der Waals surface area contributed by atoms with Crippen LogP contribution in [0.1, 0.15) is 22.8 Å². The highest BCUT2D eigenvalue weighted by Crippen LogP contribution is 2.19. The van der Waals surface area contributed by atoms with Crippen LogP contribution in [0, 0.1) is 0 Å². The Hall–Kier alpha value is -3.19. The molecule has 0 bridgehead atoms. The molecule has 0 aromatic heterocycles. The van der Waals surface area contributed by atoms with Crippen LogP contribution in [0.2, 0.25) is 0 Å². The van der Waals surface area contributed by atoms with Crippen molar-refractivity contribution < 1.29 is 22.7 Å². The van der Waals surface area contributed by atoms with E-state index in [2.05, 4.69) is 5.32 Å². The van der Waals surface area contributed by atoms with E-state index in [4.69, 9.17) is 4.74 Å². The van der Waals surface area contributed by atoms with Gasteiger partial charge in [0.25, 0.3) is 5.91 Å². The molecule has 29 heavy (non-hydrogen) atoms. The third-order valence-corrected chi connectivity index (χ3v) is 5.15. The maximum Gasteiger partial charge on any atom is 0.338 e. The van der Waals surface area contributed by atoms with E-state index in [9.17, 15) is 18.0 Å². The molecule has 0 aliphatic carbocycles. The second-order valence-electron chi connectivity index (χ2n) is 6.87. The summed E-state index contributed by atoms with van der Waals surface area (Å²) in [5, 5.41) is 4.79. The maximum atomic E-state index is 12.4. The second-order valence-corrected chi connectivity index (χ2v) is 9.01. The average Bonchev–Trinajstić information content (AvgIpc) is 2.67. The SMILES string of the molecule is C[C@H](OC(=O)c1ccc(CS(C)(=O)=O)cc1)C(=O)Nc1ccc2ccccc2c1. The summed E-state index contributed by atoms with van der Waals surface area (Å²) in [6.45, 7) is 1.49. The number of fused-ring (bicyclic) bond motifs is 1. The lowest BCUT2D eigenvalue weighted by molar-refractivity contribution is -0.123. The molecule has 0 aliphatic rings. The van der Waals surface area contributed by atoms with Gasteiger partial charge in [-0.3, -0.25) is 4.79 Å². The minimum Gasteiger partial charge on any atom is -0.449 e. The zero-order valence-corrected chi connectivity index (χ0v) is 16.9. The van der Waals surface area contributed by atoms with E-state index < -0.39 is 27.8 Å². The van der Waals surface area contributed by atoms with Crippen LogP contribution in [0.5, 0.6) is 0 Å². The van der Waals surface area contributed by atoms with E-state index in [1.807, 2.05) is 36.4 Å². The topological polar surface area (TPSA) is 89.5 Å². The fourth-order valence-corrected chi connectivity index (χ4v) is 3.63. The third kappa shape index (κ3) is 5.65. The van der Waals surface area contributed by atoms with Gasteiger partial charge in [-0.1, -0.05) is 42.5 Å². The van der Waals surface area contributed by atoms with Gasteiger partial charge in [-0.15, -0.1) is 0 Å². The fraction of sp³-hybridized carbons (Fsp3) is 0.182. The number of nitrogens with one attached hydrogen (secondary N) is 1. The minimum atomic E-state index is -3.15. The summed E-state index contributed by atoms with van der Waals surface area (Å²) in [4.78, 5) is 24.6. The second kappa shape index (κ2) is 8.45. The largest absolute Gasteiger partial charge is 0.449 e. The number of anilines is 1. The van der Waals surface area contributed by atoms with E-state index >= 15 is 0 Å². The molecule has 1 atom stereocenters. The predicted molar refractivity (Wildman–Crippen MR) is 112 cm³/mol. The molecule has 1 amide bonds. The summed E-state index contributed by atoms with van der Waals surface area (Å²) in [5.41, 5.74) is 1.43. The van der Waals surface area contributed by atoms with Crippen molar-refractivity contribution in [2.24, 2.45) is 0 Å². The van der Waals surface area contributed by atoms with Crippen LogP contribution >= 0.6 is 0 Å². The summed E-state index contributed by atoms with van der Waals surface area (Å²) in [6, 6.07) is 19.4. The number of carbonyl (C=O) groups excluding carboxylic acids is 2. The highest BCUT2D eigenvalue weighted by atomic mass is 32.2. The average molecular weight is 411 g/mol. The van der Waals surface area contributed by atoms with Gasteiger partial charge >= 0.3 is 5.97 Å². The molecule has 3 aromatic rings. The zero-order valence-electron chi connectivity index (χ0n) is 16.1. The first-order valence-corrected chi connectivity index (χ1v) is 11.0. The van der Waals surface area contributed by atoms with Crippen molar-refractivity contribution in [3.63, 3.8) is 0 Å². The van der Waals surface area contributed by atoms with Gasteiger partial charge in [-0.05, 0) is 47.5 Å². The van der Waals surface area contributed by atoms with Crippen LogP contribution in [0.3, 0.4) is 0 Å². The molecule has 1 N–H and O–H groups in total. The molecular formula is C22H21NO5S. The molecule has 7 heteroatoms. The first-order valence-electron chi connectivity index (χ1n) is 8.98. The smallest absolute Gasteiger partial charge is 0.338 e. The van der Waals surface area contributed by atoms with Gasteiger partial charge in [-0.2, -0.15) is 0 Å². The Morgan fingerprint density at radius 1 is 0.966 bits per heavy atom. The van der Waals surface area contributed by atoms with Crippen molar-refractivity contribution >= 4 is 38.2 Å². The van der Waals surface area contributed by atoms with Crippen molar-refractivity contribution in [1.82, 2.24) is 0 Å². The summed E-state index contributed by atoms with van der Waals surface area (Å²) >= 11 is 0. The Kier molecular flexibility index (Phi) is 5.98. The minimum absolute atomic E-state index is 0.104. The molecule has 3 rings (SSSR count). The number of amides is 1. The number of esters is 1. The first-order chi connectivity index (χ1) is 13.7. The molecule has 0 spiro atoms. The summed E-state index contributed by atoms with van der Waals surface area (Å²) in [5.74, 6) is -1.20. The quantitative estimate of drug-likeness (QED) is 0.627. The fourth-order valence-electron chi connectivity index (χ4n) is 2.83. The molecule has 0 saturated carbocycles. The van der Waals surface area contributed by atoms with Gasteiger partial charge < -0.3 is 10.1 Å². The molecule has 6 nitrogen and oxygen atoms in total. The lowest BCUT2D eigenvalue weighted by Crippen LogP contribution is -2.30. The molecule has 0 radical (unpaired) electrons. The predicted octanol–water partition coefficient (Wildman–Crippen LogP) is 3.57. The van der Waals surface area contributed by atoms with Gasteiger partial charge in [0.1, 0.15) is 0 Å². The molecule has 0 aliphatic heterocycles. The van der Waals surface area contributed by atoms with E-state index in [1.165, 1.54) is 19.1 Å². The number of hydrogen-bond acceptors (Lipinski definition) is 5. The van der Waals surface area contributed by atoms with Gasteiger partial charge in [0.15, 0.2) is 15.9 Å². The lowest BCUT2D eigenvalue weighted by atomic mass is 10.1. The van der Waals surface area contributed by atoms with Gasteiger partial charge in [-0.25, -0.2) is 13.2 Å². The lowest BCUT2D eigenvalue weighted by Gasteiger charge is -2.14. The van der Waals surface area contributed by atoms with Crippen LogP contribution in [-0.2, 0) is 25.1 Å². The first kappa shape index (κ1) is 20.5. The van der Waals surface area contributed by atoms with Crippen molar-refractivity contribution in [2.75, 3.05) is 11.6 Å². The molecule has 0 unspecified atom stereocenters. The highest BCUT2D eigenvalue weighted by molar-refractivity contribution is 7.89. The van der Waals surface area contributed by atoms with E-state index in [1.54, 1.807) is 18.2 Å². The number of hydrogen-bond donors (Lipinski definition) is 1. The van der Waals surface area contributed by atoms with Crippen LogP contribution in [0.4, 0.5) is 5.69 Å². The van der Waals surface area contributed by atoms with Gasteiger partial charge in [0, 0.05) is 11.9 Å². The Morgan fingerprint density at radius 2 is 1.62 bits per heavy atom. The standard InChI is InChI=1S/C22H21NO5S/c1-15(21(24)23-20-12-11-17-5-3-4-6-19(17)13-20)28-22(25)18-9-7-16(8-10-18)14-29(2,26)27/h3-13,15H,14H2,1-2H3,(H,23,24)/t15-/m0/s1. The van der Waals surface area contributed by atoms with Crippen molar-refractivity contribution in [2.45, 2.75) is 18.8 Å². The van der Waals surface area contributed by atoms with Crippen LogP contribution < -0.4 is 5.32 Å². The molecule has 3 aromatic carbocycles. The van der Waals surface area contributed by atoms with Crippen LogP contribution in [-0.4, -0.2) is 32.7 Å². The Morgan fingerprint density at radius 3 is 2.28 bits per heavy atom. The van der Waals surface area contributed by atoms with E-state index in [0.29, 0.717) is 11.3 Å². The van der Waals surface area contributed by atoms with Gasteiger partial charge in [0.2, 0.25) is 0 Å². The number of benzene rings is 3. The highest BCUT2D eigenvalue weighted by Gasteiger charge is 2.19. The molecule has 0 fully saturated rings. The monoisotopic (exact) mass is 411 g/mol. The number of sulfone groups is 1. The maximum absolute atomic E-state index is 12.4. The number of carbonyl (C=O) groups is 2. The summed E-state index contributed by atoms with van der Waals surface area (Å²) < 4.78 is 27.9. The summed E-state index contributed by atoms with van der Waals surface area (Å²) in [6.07, 6.45) is 0.148. The van der Waals surface area contributed by atoms with E-state index in [0.717, 1.165) is 17.0 Å². The van der Waals surface area contributed by atoms with Gasteiger partial charge in [0.05, 0.1) is 11.3 Å². The zero-order chi connectivity index (χ0) is 21.0. The van der Waals surface area contributed by atoms with Crippen molar-refractivity contribution in [3.05, 3.63) is 77.9 Å². The van der Waals surface area contributed by atoms with Crippen LogP contribution in [0.15, 0.2) is 66.7 Å². The van der Waals surface area contributed by atoms with Crippen LogP contribution in [0.25, 0.3) is 10.8 Å². The molecule has 0 heterocycles. The normalized spacial score (nSPS) is 12.3. The third-order valence-electron chi connectivity index (χ3n) is 4.29. The van der Waals surface area contributed by atoms with E-state index in [-0.39, 0.29) is 11.3 Å². The Balaban J connectivity index is 1.61.